The van der Waals surface area contributed by atoms with Gasteiger partial charge in [0.2, 0.25) is 0 Å². The van der Waals surface area contributed by atoms with E-state index in [1.165, 1.54) is 11.1 Å². The number of ether oxygens (including phenoxy) is 1. The summed E-state index contributed by atoms with van der Waals surface area (Å²) >= 11 is 0. The minimum atomic E-state index is 0. The van der Waals surface area contributed by atoms with Gasteiger partial charge in [0, 0.05) is 32.4 Å². The topological polar surface area (TPSA) is 51.4 Å². The van der Waals surface area contributed by atoms with Gasteiger partial charge in [-0.15, -0.1) is 12.4 Å². The van der Waals surface area contributed by atoms with Gasteiger partial charge < -0.3 is 10.5 Å². The average molecular weight is 398 g/mol. The largest absolute Gasteiger partial charge is 0.487 e. The number of benzene rings is 2. The first-order valence-electron chi connectivity index (χ1n) is 9.41. The Bertz CT molecular complexity index is 799. The number of aromatic nitrogens is 1. The van der Waals surface area contributed by atoms with Crippen LogP contribution in [-0.2, 0) is 19.6 Å². The Morgan fingerprint density at radius 2 is 1.64 bits per heavy atom. The van der Waals surface area contributed by atoms with Crippen LogP contribution in [0.25, 0.3) is 0 Å². The molecule has 0 spiro atoms. The molecule has 0 atom stereocenters. The molecule has 0 amide bonds. The zero-order valence-electron chi connectivity index (χ0n) is 16.0. The van der Waals surface area contributed by atoms with Crippen LogP contribution in [-0.4, -0.2) is 29.5 Å². The minimum Gasteiger partial charge on any atom is -0.487 e. The average Bonchev–Trinajstić information content (AvgIpc) is 2.72. The van der Waals surface area contributed by atoms with Crippen molar-refractivity contribution in [3.8, 4) is 5.75 Å². The lowest BCUT2D eigenvalue weighted by Crippen LogP contribution is -2.31. The fourth-order valence-corrected chi connectivity index (χ4v) is 3.02. The Morgan fingerprint density at radius 3 is 2.39 bits per heavy atom. The quantitative estimate of drug-likeness (QED) is 0.560. The summed E-state index contributed by atoms with van der Waals surface area (Å²) in [5.41, 5.74) is 9.33. The summed E-state index contributed by atoms with van der Waals surface area (Å²) in [7, 11) is 0. The lowest BCUT2D eigenvalue weighted by atomic mass is 10.1. The molecule has 1 aromatic heterocycles. The highest BCUT2D eigenvalue weighted by atomic mass is 35.5. The standard InChI is InChI=1S/C23H27N3O.ClH/c24-13-16-26(15-12-20-7-2-1-3-8-20)18-21-9-6-11-23(17-21)27-19-22-10-4-5-14-25-22;/h1-11,14,17H,12-13,15-16,18-19,24H2;1H. The molecule has 3 rings (SSSR count). The Morgan fingerprint density at radius 1 is 0.857 bits per heavy atom. The highest BCUT2D eigenvalue weighted by molar-refractivity contribution is 5.85. The molecule has 2 aromatic carbocycles. The van der Waals surface area contributed by atoms with Crippen molar-refractivity contribution in [2.75, 3.05) is 19.6 Å². The van der Waals surface area contributed by atoms with Crippen LogP contribution >= 0.6 is 12.4 Å². The SMILES string of the molecule is Cl.NCCN(CCc1ccccc1)Cc1cccc(OCc2ccccn2)c1. The van der Waals surface area contributed by atoms with Crippen molar-refractivity contribution in [1.82, 2.24) is 9.88 Å². The van der Waals surface area contributed by atoms with Crippen LogP contribution in [0.4, 0.5) is 0 Å². The van der Waals surface area contributed by atoms with Gasteiger partial charge in [0.1, 0.15) is 12.4 Å². The van der Waals surface area contributed by atoms with E-state index in [-0.39, 0.29) is 12.4 Å². The highest BCUT2D eigenvalue weighted by Gasteiger charge is 2.07. The predicted molar refractivity (Wildman–Crippen MR) is 117 cm³/mol. The number of pyridine rings is 1. The second kappa shape index (κ2) is 12.1. The zero-order valence-corrected chi connectivity index (χ0v) is 16.9. The van der Waals surface area contributed by atoms with Gasteiger partial charge in [0.25, 0.3) is 0 Å². The van der Waals surface area contributed by atoms with Crippen molar-refractivity contribution in [2.24, 2.45) is 5.73 Å². The van der Waals surface area contributed by atoms with E-state index in [2.05, 4.69) is 52.3 Å². The van der Waals surface area contributed by atoms with Crippen molar-refractivity contribution < 1.29 is 4.74 Å². The van der Waals surface area contributed by atoms with Crippen LogP contribution in [0.15, 0.2) is 79.0 Å². The molecular formula is C23H28ClN3O. The van der Waals surface area contributed by atoms with E-state index < -0.39 is 0 Å². The number of hydrogen-bond donors (Lipinski definition) is 1. The fraction of sp³-hybridized carbons (Fsp3) is 0.261. The van der Waals surface area contributed by atoms with Crippen molar-refractivity contribution in [2.45, 2.75) is 19.6 Å². The summed E-state index contributed by atoms with van der Waals surface area (Å²) in [6.45, 7) is 3.87. The number of nitrogens with zero attached hydrogens (tertiary/aromatic N) is 2. The van der Waals surface area contributed by atoms with Gasteiger partial charge in [-0.25, -0.2) is 0 Å². The molecule has 0 fully saturated rings. The summed E-state index contributed by atoms with van der Waals surface area (Å²) in [5.74, 6) is 0.869. The number of hydrogen-bond acceptors (Lipinski definition) is 4. The van der Waals surface area contributed by atoms with Crippen molar-refractivity contribution >= 4 is 12.4 Å². The Labute approximate surface area is 173 Å². The Kier molecular flexibility index (Phi) is 9.49. The molecule has 3 aromatic rings. The molecule has 0 aliphatic heterocycles. The first kappa shape index (κ1) is 21.9. The maximum atomic E-state index is 5.90. The molecule has 2 N–H and O–H groups in total. The van der Waals surface area contributed by atoms with E-state index >= 15 is 0 Å². The smallest absolute Gasteiger partial charge is 0.130 e. The van der Waals surface area contributed by atoms with Crippen LogP contribution in [0.3, 0.4) is 0 Å². The second-order valence-corrected chi connectivity index (χ2v) is 6.56. The van der Waals surface area contributed by atoms with Crippen LogP contribution < -0.4 is 10.5 Å². The highest BCUT2D eigenvalue weighted by Crippen LogP contribution is 2.16. The number of rotatable bonds is 10. The lowest BCUT2D eigenvalue weighted by molar-refractivity contribution is 0.274. The van der Waals surface area contributed by atoms with E-state index in [1.807, 2.05) is 30.3 Å². The summed E-state index contributed by atoms with van der Waals surface area (Å²) in [5, 5.41) is 0. The van der Waals surface area contributed by atoms with E-state index in [0.717, 1.165) is 37.5 Å². The molecule has 0 bridgehead atoms. The maximum Gasteiger partial charge on any atom is 0.130 e. The third kappa shape index (κ3) is 7.31. The molecule has 0 saturated carbocycles. The van der Waals surface area contributed by atoms with Crippen LogP contribution in [0.2, 0.25) is 0 Å². The second-order valence-electron chi connectivity index (χ2n) is 6.56. The third-order valence-corrected chi connectivity index (χ3v) is 4.42. The van der Waals surface area contributed by atoms with Crippen LogP contribution in [0, 0.1) is 0 Å². The van der Waals surface area contributed by atoms with Crippen molar-refractivity contribution in [3.63, 3.8) is 0 Å². The molecule has 5 heteroatoms. The van der Waals surface area contributed by atoms with Gasteiger partial charge in [-0.3, -0.25) is 9.88 Å². The Hall–Kier alpha value is -2.40. The molecule has 0 radical (unpaired) electrons. The van der Waals surface area contributed by atoms with Gasteiger partial charge >= 0.3 is 0 Å². The first-order valence-corrected chi connectivity index (χ1v) is 9.41. The minimum absolute atomic E-state index is 0. The van der Waals surface area contributed by atoms with Gasteiger partial charge in [-0.05, 0) is 41.8 Å². The maximum absolute atomic E-state index is 5.90. The molecule has 4 nitrogen and oxygen atoms in total. The van der Waals surface area contributed by atoms with Gasteiger partial charge in [0.05, 0.1) is 5.69 Å². The zero-order chi connectivity index (χ0) is 18.7. The normalized spacial score (nSPS) is 10.5. The monoisotopic (exact) mass is 397 g/mol. The van der Waals surface area contributed by atoms with Crippen molar-refractivity contribution in [1.29, 1.82) is 0 Å². The Balaban J connectivity index is 0.00000280. The summed E-state index contributed by atoms with van der Waals surface area (Å²) in [4.78, 5) is 6.69. The number of nitrogens with two attached hydrogens (primary N) is 1. The molecular weight excluding hydrogens is 370 g/mol. The molecule has 0 saturated heterocycles. The first-order chi connectivity index (χ1) is 13.3. The molecule has 1 heterocycles. The summed E-state index contributed by atoms with van der Waals surface area (Å²) in [6, 6.07) is 24.7. The molecule has 0 unspecified atom stereocenters. The third-order valence-electron chi connectivity index (χ3n) is 4.42. The van der Waals surface area contributed by atoms with E-state index in [9.17, 15) is 0 Å². The molecule has 0 aliphatic rings. The van der Waals surface area contributed by atoms with E-state index in [4.69, 9.17) is 10.5 Å². The molecule has 28 heavy (non-hydrogen) atoms. The van der Waals surface area contributed by atoms with E-state index in [1.54, 1.807) is 6.20 Å². The van der Waals surface area contributed by atoms with E-state index in [0.29, 0.717) is 13.2 Å². The van der Waals surface area contributed by atoms with Crippen molar-refractivity contribution in [3.05, 3.63) is 95.8 Å². The lowest BCUT2D eigenvalue weighted by Gasteiger charge is -2.22. The van der Waals surface area contributed by atoms with Gasteiger partial charge in [0.15, 0.2) is 0 Å². The number of halogens is 1. The molecule has 0 aliphatic carbocycles. The van der Waals surface area contributed by atoms with Crippen LogP contribution in [0.1, 0.15) is 16.8 Å². The summed E-state index contributed by atoms with van der Waals surface area (Å²) in [6.07, 6.45) is 2.81. The molecule has 148 valence electrons. The fourth-order valence-electron chi connectivity index (χ4n) is 3.02. The van der Waals surface area contributed by atoms with Gasteiger partial charge in [-0.1, -0.05) is 48.5 Å². The van der Waals surface area contributed by atoms with Gasteiger partial charge in [-0.2, -0.15) is 0 Å². The van der Waals surface area contributed by atoms with Crippen LogP contribution in [0.5, 0.6) is 5.75 Å². The summed E-state index contributed by atoms with van der Waals surface area (Å²) < 4.78 is 5.90. The predicted octanol–water partition coefficient (Wildman–Crippen LogP) is 4.09.